The minimum atomic E-state index is -0.411. The van der Waals surface area contributed by atoms with Crippen LogP contribution in [-0.2, 0) is 6.54 Å². The molecule has 0 spiro atoms. The van der Waals surface area contributed by atoms with Crippen LogP contribution in [0.3, 0.4) is 0 Å². The molecule has 0 aliphatic carbocycles. The molecule has 98 valence electrons. The number of H-pyrrole nitrogens is 1. The van der Waals surface area contributed by atoms with Gasteiger partial charge in [0.1, 0.15) is 5.56 Å². The van der Waals surface area contributed by atoms with Crippen LogP contribution in [0.5, 0.6) is 0 Å². The first-order valence-electron chi connectivity index (χ1n) is 6.08. The lowest BCUT2D eigenvalue weighted by molar-refractivity contribution is 0.0750. The molecule has 0 saturated heterocycles. The van der Waals surface area contributed by atoms with Gasteiger partial charge in [0.05, 0.1) is 6.33 Å². The molecule has 0 fully saturated rings. The average Bonchev–Trinajstić information content (AvgIpc) is 2.46. The van der Waals surface area contributed by atoms with Crippen molar-refractivity contribution in [3.05, 3.63) is 64.3 Å². The summed E-state index contributed by atoms with van der Waals surface area (Å²) in [5.41, 5.74) is 0.685. The fraction of sp³-hybridized carbons (Fsp3) is 0.214. The van der Waals surface area contributed by atoms with Crippen molar-refractivity contribution >= 4 is 5.91 Å². The SMILES string of the molecule is CCN(Cc1ccccc1)C(=O)c1cnc[nH]c1=O. The van der Waals surface area contributed by atoms with Crippen molar-refractivity contribution in [1.82, 2.24) is 14.9 Å². The fourth-order valence-electron chi connectivity index (χ4n) is 1.80. The van der Waals surface area contributed by atoms with Crippen molar-refractivity contribution < 1.29 is 4.79 Å². The Bertz CT molecular complexity index is 607. The summed E-state index contributed by atoms with van der Waals surface area (Å²) in [6.07, 6.45) is 2.57. The predicted octanol–water partition coefficient (Wildman–Crippen LogP) is 1.43. The summed E-state index contributed by atoms with van der Waals surface area (Å²) >= 11 is 0. The summed E-state index contributed by atoms with van der Waals surface area (Å²) in [5, 5.41) is 0. The van der Waals surface area contributed by atoms with Crippen LogP contribution in [0.25, 0.3) is 0 Å². The topological polar surface area (TPSA) is 66.1 Å². The van der Waals surface area contributed by atoms with Gasteiger partial charge in [-0.1, -0.05) is 30.3 Å². The van der Waals surface area contributed by atoms with Gasteiger partial charge in [0, 0.05) is 19.3 Å². The molecular formula is C14H15N3O2. The van der Waals surface area contributed by atoms with Gasteiger partial charge in [0.2, 0.25) is 0 Å². The van der Waals surface area contributed by atoms with Crippen LogP contribution in [0.1, 0.15) is 22.8 Å². The molecule has 1 heterocycles. The molecule has 19 heavy (non-hydrogen) atoms. The zero-order chi connectivity index (χ0) is 13.7. The average molecular weight is 257 g/mol. The summed E-state index contributed by atoms with van der Waals surface area (Å²) in [6.45, 7) is 2.89. The maximum absolute atomic E-state index is 12.3. The largest absolute Gasteiger partial charge is 0.334 e. The number of aromatic nitrogens is 2. The Labute approximate surface area is 110 Å². The number of aromatic amines is 1. The first kappa shape index (κ1) is 13.0. The zero-order valence-electron chi connectivity index (χ0n) is 10.7. The van der Waals surface area contributed by atoms with E-state index in [9.17, 15) is 9.59 Å². The molecule has 1 aromatic heterocycles. The third kappa shape index (κ3) is 3.07. The molecular weight excluding hydrogens is 242 g/mol. The number of carbonyl (C=O) groups is 1. The van der Waals surface area contributed by atoms with Crippen LogP contribution < -0.4 is 5.56 Å². The van der Waals surface area contributed by atoms with E-state index in [4.69, 9.17) is 0 Å². The molecule has 1 aromatic carbocycles. The van der Waals surface area contributed by atoms with Crippen molar-refractivity contribution in [2.75, 3.05) is 6.54 Å². The van der Waals surface area contributed by atoms with Gasteiger partial charge in [0.15, 0.2) is 0 Å². The zero-order valence-corrected chi connectivity index (χ0v) is 10.7. The highest BCUT2D eigenvalue weighted by Crippen LogP contribution is 2.07. The molecule has 0 unspecified atom stereocenters. The number of hydrogen-bond donors (Lipinski definition) is 1. The van der Waals surface area contributed by atoms with E-state index in [1.54, 1.807) is 4.90 Å². The minimum Gasteiger partial charge on any atom is -0.334 e. The van der Waals surface area contributed by atoms with Crippen molar-refractivity contribution in [3.8, 4) is 0 Å². The molecule has 5 heteroatoms. The van der Waals surface area contributed by atoms with Crippen molar-refractivity contribution in [2.24, 2.45) is 0 Å². The van der Waals surface area contributed by atoms with E-state index in [2.05, 4.69) is 9.97 Å². The Balaban J connectivity index is 2.21. The van der Waals surface area contributed by atoms with E-state index in [1.807, 2.05) is 37.3 Å². The summed E-state index contributed by atoms with van der Waals surface area (Å²) in [5.74, 6) is -0.305. The normalized spacial score (nSPS) is 10.2. The summed E-state index contributed by atoms with van der Waals surface area (Å²) in [7, 11) is 0. The maximum atomic E-state index is 12.3. The van der Waals surface area contributed by atoms with Crippen LogP contribution in [0.4, 0.5) is 0 Å². The van der Waals surface area contributed by atoms with Gasteiger partial charge in [-0.25, -0.2) is 4.98 Å². The summed E-state index contributed by atoms with van der Waals surface area (Å²) in [4.78, 5) is 31.7. The highest BCUT2D eigenvalue weighted by molar-refractivity contribution is 5.93. The summed E-state index contributed by atoms with van der Waals surface area (Å²) in [6, 6.07) is 9.66. The van der Waals surface area contributed by atoms with Crippen LogP contribution in [-0.4, -0.2) is 27.3 Å². The van der Waals surface area contributed by atoms with E-state index in [0.717, 1.165) is 5.56 Å². The van der Waals surface area contributed by atoms with Crippen LogP contribution in [0.15, 0.2) is 47.7 Å². The second kappa shape index (κ2) is 5.95. The van der Waals surface area contributed by atoms with E-state index < -0.39 is 5.56 Å². The molecule has 0 atom stereocenters. The predicted molar refractivity (Wildman–Crippen MR) is 71.7 cm³/mol. The second-order valence-corrected chi connectivity index (χ2v) is 4.10. The molecule has 2 rings (SSSR count). The van der Waals surface area contributed by atoms with Crippen molar-refractivity contribution in [2.45, 2.75) is 13.5 Å². The third-order valence-electron chi connectivity index (χ3n) is 2.83. The Morgan fingerprint density at radius 3 is 2.68 bits per heavy atom. The molecule has 0 saturated carbocycles. The number of nitrogens with zero attached hydrogens (tertiary/aromatic N) is 2. The van der Waals surface area contributed by atoms with Gasteiger partial charge in [-0.15, -0.1) is 0 Å². The molecule has 0 aliphatic rings. The molecule has 2 aromatic rings. The van der Waals surface area contributed by atoms with Crippen LogP contribution in [0, 0.1) is 0 Å². The van der Waals surface area contributed by atoms with Crippen molar-refractivity contribution in [1.29, 1.82) is 0 Å². The summed E-state index contributed by atoms with van der Waals surface area (Å²) < 4.78 is 0. The molecule has 5 nitrogen and oxygen atoms in total. The maximum Gasteiger partial charge on any atom is 0.263 e. The van der Waals surface area contributed by atoms with E-state index in [-0.39, 0.29) is 11.5 Å². The lowest BCUT2D eigenvalue weighted by atomic mass is 10.2. The Morgan fingerprint density at radius 2 is 2.05 bits per heavy atom. The lowest BCUT2D eigenvalue weighted by Crippen LogP contribution is -2.34. The van der Waals surface area contributed by atoms with Gasteiger partial charge >= 0.3 is 0 Å². The number of carbonyl (C=O) groups excluding carboxylic acids is 1. The number of amides is 1. The first-order valence-corrected chi connectivity index (χ1v) is 6.08. The van der Waals surface area contributed by atoms with Crippen LogP contribution >= 0.6 is 0 Å². The molecule has 0 aliphatic heterocycles. The van der Waals surface area contributed by atoms with E-state index >= 15 is 0 Å². The fourth-order valence-corrected chi connectivity index (χ4v) is 1.80. The minimum absolute atomic E-state index is 0.0697. The standard InChI is InChI=1S/C14H15N3O2/c1-2-17(9-11-6-4-3-5-7-11)14(19)12-8-15-10-16-13(12)18/h3-8,10H,2,9H2,1H3,(H,15,16,18). The lowest BCUT2D eigenvalue weighted by Gasteiger charge is -2.20. The van der Waals surface area contributed by atoms with E-state index in [1.165, 1.54) is 12.5 Å². The van der Waals surface area contributed by atoms with Crippen LogP contribution in [0.2, 0.25) is 0 Å². The number of rotatable bonds is 4. The van der Waals surface area contributed by atoms with Gasteiger partial charge in [0.25, 0.3) is 11.5 Å². The van der Waals surface area contributed by atoms with Gasteiger partial charge in [-0.05, 0) is 12.5 Å². The highest BCUT2D eigenvalue weighted by Gasteiger charge is 2.17. The third-order valence-corrected chi connectivity index (χ3v) is 2.83. The Morgan fingerprint density at radius 1 is 1.32 bits per heavy atom. The van der Waals surface area contributed by atoms with Crippen molar-refractivity contribution in [3.63, 3.8) is 0 Å². The molecule has 1 N–H and O–H groups in total. The van der Waals surface area contributed by atoms with Gasteiger partial charge in [-0.3, -0.25) is 9.59 Å². The Kier molecular flexibility index (Phi) is 4.07. The van der Waals surface area contributed by atoms with E-state index in [0.29, 0.717) is 13.1 Å². The molecule has 0 bridgehead atoms. The smallest absolute Gasteiger partial charge is 0.263 e. The first-order chi connectivity index (χ1) is 9.22. The quantitative estimate of drug-likeness (QED) is 0.901. The molecule has 0 radical (unpaired) electrons. The number of benzene rings is 1. The van der Waals surface area contributed by atoms with Gasteiger partial charge in [-0.2, -0.15) is 0 Å². The monoisotopic (exact) mass is 257 g/mol. The molecule has 1 amide bonds. The second-order valence-electron chi connectivity index (χ2n) is 4.10. The Hall–Kier alpha value is -2.43. The van der Waals surface area contributed by atoms with Gasteiger partial charge < -0.3 is 9.88 Å². The highest BCUT2D eigenvalue weighted by atomic mass is 16.2. The number of nitrogens with one attached hydrogen (secondary N) is 1. The number of hydrogen-bond acceptors (Lipinski definition) is 3.